The summed E-state index contributed by atoms with van der Waals surface area (Å²) in [6.45, 7) is 1.24. The molecule has 0 radical (unpaired) electrons. The van der Waals surface area contributed by atoms with Crippen LogP contribution in [-0.4, -0.2) is 39.7 Å². The summed E-state index contributed by atoms with van der Waals surface area (Å²) in [6.07, 6.45) is 3.29. The third-order valence-corrected chi connectivity index (χ3v) is 5.12. The summed E-state index contributed by atoms with van der Waals surface area (Å²) < 4.78 is 5.80. The molecule has 2 fully saturated rings. The number of benzene rings is 1. The minimum atomic E-state index is -1.25. The van der Waals surface area contributed by atoms with Crippen LogP contribution in [0.5, 0.6) is 0 Å². The fraction of sp³-hybridized carbons (Fsp3) is 0.375. The summed E-state index contributed by atoms with van der Waals surface area (Å²) in [7, 11) is 0. The van der Waals surface area contributed by atoms with Crippen LogP contribution in [0.25, 0.3) is 0 Å². The number of hydrogen-bond acceptors (Lipinski definition) is 6. The van der Waals surface area contributed by atoms with Crippen LogP contribution in [0.15, 0.2) is 36.4 Å². The predicted molar refractivity (Wildman–Crippen MR) is 81.0 cm³/mol. The third-order valence-electron chi connectivity index (χ3n) is 5.12. The number of para-hydroxylation sites is 2. The zero-order valence-electron chi connectivity index (χ0n) is 12.7. The van der Waals surface area contributed by atoms with Crippen molar-refractivity contribution in [3.05, 3.63) is 46.5 Å². The fourth-order valence-electron chi connectivity index (χ4n) is 4.09. The van der Waals surface area contributed by atoms with E-state index in [1.165, 1.54) is 24.3 Å². The minimum absolute atomic E-state index is 0.0528. The molecule has 124 valence electrons. The topological polar surface area (TPSA) is 110 Å². The predicted octanol–water partition coefficient (Wildman–Crippen LogP) is 0.790. The molecule has 3 heterocycles. The lowest BCUT2D eigenvalue weighted by Gasteiger charge is -2.26. The average Bonchev–Trinajstić information content (AvgIpc) is 3.13. The number of fused-ring (bicyclic) bond motifs is 5. The van der Waals surface area contributed by atoms with Gasteiger partial charge in [-0.3, -0.25) is 19.7 Å². The van der Waals surface area contributed by atoms with Gasteiger partial charge in [0.25, 0.3) is 5.69 Å². The van der Waals surface area contributed by atoms with Gasteiger partial charge >= 0.3 is 0 Å². The molecule has 4 rings (SSSR count). The van der Waals surface area contributed by atoms with Gasteiger partial charge in [-0.05, 0) is 13.0 Å². The maximum atomic E-state index is 12.9. The van der Waals surface area contributed by atoms with E-state index in [1.54, 1.807) is 19.1 Å². The molecule has 0 saturated carbocycles. The molecule has 1 aromatic carbocycles. The highest BCUT2D eigenvalue weighted by Crippen LogP contribution is 2.57. The van der Waals surface area contributed by atoms with Crippen LogP contribution in [0.2, 0.25) is 0 Å². The summed E-state index contributed by atoms with van der Waals surface area (Å²) in [4.78, 5) is 37.3. The molecule has 8 nitrogen and oxygen atoms in total. The van der Waals surface area contributed by atoms with E-state index in [1.807, 2.05) is 0 Å². The molecule has 2 saturated heterocycles. The van der Waals surface area contributed by atoms with Gasteiger partial charge in [0.15, 0.2) is 0 Å². The van der Waals surface area contributed by atoms with E-state index in [-0.39, 0.29) is 11.4 Å². The van der Waals surface area contributed by atoms with Crippen LogP contribution in [0, 0.1) is 22.0 Å². The van der Waals surface area contributed by atoms with Crippen molar-refractivity contribution in [2.75, 3.05) is 11.5 Å². The fourth-order valence-corrected chi connectivity index (χ4v) is 4.09. The van der Waals surface area contributed by atoms with Crippen LogP contribution >= 0.6 is 0 Å². The number of rotatable bonds is 3. The zero-order chi connectivity index (χ0) is 17.3. The van der Waals surface area contributed by atoms with Crippen LogP contribution in [0.1, 0.15) is 6.92 Å². The molecule has 8 heteroatoms. The first-order valence-corrected chi connectivity index (χ1v) is 7.47. The monoisotopic (exact) mass is 330 g/mol. The van der Waals surface area contributed by atoms with Gasteiger partial charge in [0, 0.05) is 6.07 Å². The molecule has 3 aliphatic heterocycles. The second-order valence-corrected chi connectivity index (χ2v) is 6.45. The molecule has 4 atom stereocenters. The SMILES string of the molecule is C[C@@]12C=C[C@@](CO)(O1)[C@@H]1C(=O)N(c3ccccc3[N+](=O)[O-])C(=O)[C@@H]12. The highest BCUT2D eigenvalue weighted by atomic mass is 16.6. The van der Waals surface area contributed by atoms with Crippen molar-refractivity contribution in [3.8, 4) is 0 Å². The lowest BCUT2D eigenvalue weighted by atomic mass is 9.73. The lowest BCUT2D eigenvalue weighted by Crippen LogP contribution is -2.43. The number of amides is 2. The second kappa shape index (κ2) is 4.49. The van der Waals surface area contributed by atoms with Gasteiger partial charge in [-0.25, -0.2) is 4.90 Å². The summed E-state index contributed by atoms with van der Waals surface area (Å²) in [5.74, 6) is -2.81. The molecular formula is C16H14N2O6. The van der Waals surface area contributed by atoms with Gasteiger partial charge in [0.05, 0.1) is 29.0 Å². The number of hydrogen-bond donors (Lipinski definition) is 1. The Kier molecular flexibility index (Phi) is 2.80. The van der Waals surface area contributed by atoms with Crippen molar-refractivity contribution in [3.63, 3.8) is 0 Å². The maximum absolute atomic E-state index is 12.9. The Bertz CT molecular complexity index is 821. The van der Waals surface area contributed by atoms with Gasteiger partial charge in [0.1, 0.15) is 11.3 Å². The van der Waals surface area contributed by atoms with E-state index in [0.29, 0.717) is 0 Å². The summed E-state index contributed by atoms with van der Waals surface area (Å²) in [5.41, 5.74) is -2.62. The van der Waals surface area contributed by atoms with Gasteiger partial charge in [-0.1, -0.05) is 24.3 Å². The van der Waals surface area contributed by atoms with E-state index in [4.69, 9.17) is 4.74 Å². The number of nitrogens with zero attached hydrogens (tertiary/aromatic N) is 2. The van der Waals surface area contributed by atoms with Crippen LogP contribution < -0.4 is 4.90 Å². The van der Waals surface area contributed by atoms with Gasteiger partial charge in [-0.2, -0.15) is 0 Å². The van der Waals surface area contributed by atoms with E-state index in [9.17, 15) is 24.8 Å². The number of aliphatic hydroxyl groups is 1. The Labute approximate surface area is 136 Å². The molecule has 24 heavy (non-hydrogen) atoms. The first-order valence-electron chi connectivity index (χ1n) is 7.47. The summed E-state index contributed by atoms with van der Waals surface area (Å²) >= 11 is 0. The number of carbonyl (C=O) groups excluding carboxylic acids is 2. The standard InChI is InChI=1S/C16H14N2O6/c1-15-6-7-16(8-19,24-15)12-11(15)13(20)17(14(12)21)9-4-2-3-5-10(9)18(22)23/h2-7,11-12,19H,8H2,1H3/t11-,12+,15+,16+/m1/s1. The van der Waals surface area contributed by atoms with Crippen LogP contribution in [-0.2, 0) is 14.3 Å². The number of aliphatic hydroxyl groups excluding tert-OH is 1. The first kappa shape index (κ1) is 15.0. The number of ether oxygens (including phenoxy) is 1. The van der Waals surface area contributed by atoms with E-state index >= 15 is 0 Å². The number of carbonyl (C=O) groups is 2. The zero-order valence-corrected chi connectivity index (χ0v) is 12.7. The Morgan fingerprint density at radius 3 is 2.58 bits per heavy atom. The number of anilines is 1. The van der Waals surface area contributed by atoms with Crippen molar-refractivity contribution in [2.45, 2.75) is 18.1 Å². The van der Waals surface area contributed by atoms with Crippen molar-refractivity contribution in [2.24, 2.45) is 11.8 Å². The molecule has 3 aliphatic rings. The maximum Gasteiger partial charge on any atom is 0.293 e. The number of nitro benzene ring substituents is 1. The molecule has 0 aromatic heterocycles. The van der Waals surface area contributed by atoms with Crippen molar-refractivity contribution in [1.82, 2.24) is 0 Å². The largest absolute Gasteiger partial charge is 0.393 e. The summed E-state index contributed by atoms with van der Waals surface area (Å²) in [5, 5.41) is 21.0. The molecule has 0 aliphatic carbocycles. The van der Waals surface area contributed by atoms with Gasteiger partial charge in [0.2, 0.25) is 11.8 Å². The normalized spacial score (nSPS) is 36.5. The minimum Gasteiger partial charge on any atom is -0.393 e. The lowest BCUT2D eigenvalue weighted by molar-refractivity contribution is -0.384. The number of nitro groups is 1. The molecule has 2 bridgehead atoms. The quantitative estimate of drug-likeness (QED) is 0.380. The smallest absolute Gasteiger partial charge is 0.293 e. The molecule has 2 amide bonds. The Morgan fingerprint density at radius 2 is 1.92 bits per heavy atom. The highest BCUT2D eigenvalue weighted by molar-refractivity contribution is 6.24. The third kappa shape index (κ3) is 1.59. The average molecular weight is 330 g/mol. The van der Waals surface area contributed by atoms with Crippen molar-refractivity contribution in [1.29, 1.82) is 0 Å². The van der Waals surface area contributed by atoms with E-state index < -0.39 is 46.4 Å². The highest BCUT2D eigenvalue weighted by Gasteiger charge is 2.72. The molecule has 1 N–H and O–H groups in total. The molecule has 1 aromatic rings. The van der Waals surface area contributed by atoms with Crippen LogP contribution in [0.4, 0.5) is 11.4 Å². The van der Waals surface area contributed by atoms with E-state index in [0.717, 1.165) is 4.90 Å². The Morgan fingerprint density at radius 1 is 1.25 bits per heavy atom. The molecule has 0 spiro atoms. The Hall–Kier alpha value is -2.58. The summed E-state index contributed by atoms with van der Waals surface area (Å²) in [6, 6.07) is 5.62. The first-order chi connectivity index (χ1) is 11.3. The molecule has 0 unspecified atom stereocenters. The Balaban J connectivity index is 1.85. The molecular weight excluding hydrogens is 316 g/mol. The van der Waals surface area contributed by atoms with Gasteiger partial charge < -0.3 is 9.84 Å². The van der Waals surface area contributed by atoms with Crippen molar-refractivity contribution < 1.29 is 24.4 Å². The van der Waals surface area contributed by atoms with E-state index in [2.05, 4.69) is 0 Å². The van der Waals surface area contributed by atoms with Crippen molar-refractivity contribution >= 4 is 23.2 Å². The number of imide groups is 1. The van der Waals surface area contributed by atoms with Gasteiger partial charge in [-0.15, -0.1) is 0 Å². The second-order valence-electron chi connectivity index (χ2n) is 6.45. The van der Waals surface area contributed by atoms with Crippen LogP contribution in [0.3, 0.4) is 0 Å².